The third-order valence-corrected chi connectivity index (χ3v) is 4.03. The first-order chi connectivity index (χ1) is 8.85. The summed E-state index contributed by atoms with van der Waals surface area (Å²) in [4.78, 5) is 14.0. The molecule has 0 radical (unpaired) electrons. The summed E-state index contributed by atoms with van der Waals surface area (Å²) in [7, 11) is 0. The van der Waals surface area contributed by atoms with E-state index in [9.17, 15) is 9.90 Å². The number of aliphatic hydroxyl groups is 1. The predicted octanol–water partition coefficient (Wildman–Crippen LogP) is 1.99. The van der Waals surface area contributed by atoms with Gasteiger partial charge >= 0.3 is 0 Å². The van der Waals surface area contributed by atoms with Crippen LogP contribution in [0.3, 0.4) is 0 Å². The molecular weight excluding hydrogens is 355 g/mol. The van der Waals surface area contributed by atoms with E-state index in [0.717, 1.165) is 27.8 Å². The Morgan fingerprint density at radius 3 is 2.89 bits per heavy atom. The molecule has 104 valence electrons. The summed E-state index contributed by atoms with van der Waals surface area (Å²) in [6.07, 6.45) is 0.725. The Morgan fingerprint density at radius 2 is 2.32 bits per heavy atom. The second-order valence-electron chi connectivity index (χ2n) is 5.47. The van der Waals surface area contributed by atoms with E-state index in [4.69, 9.17) is 0 Å². The van der Waals surface area contributed by atoms with Gasteiger partial charge in [-0.15, -0.1) is 0 Å². The van der Waals surface area contributed by atoms with Crippen LogP contribution in [0.2, 0.25) is 0 Å². The van der Waals surface area contributed by atoms with Crippen molar-refractivity contribution in [3.63, 3.8) is 0 Å². The minimum Gasteiger partial charge on any atom is -0.389 e. The van der Waals surface area contributed by atoms with E-state index in [1.807, 2.05) is 36.9 Å². The third-order valence-electron chi connectivity index (χ3n) is 3.36. The van der Waals surface area contributed by atoms with Gasteiger partial charge in [-0.05, 0) is 66.6 Å². The molecule has 0 spiro atoms. The van der Waals surface area contributed by atoms with Gasteiger partial charge in [-0.1, -0.05) is 0 Å². The molecule has 0 aliphatic carbocycles. The zero-order valence-electron chi connectivity index (χ0n) is 11.2. The highest BCUT2D eigenvalue weighted by molar-refractivity contribution is 14.1. The SMILES string of the molecule is Cc1cc(I)ccc1NC(=O)CN1CCC(C)(O)C1. The van der Waals surface area contributed by atoms with Crippen molar-refractivity contribution in [2.45, 2.75) is 25.9 Å². The van der Waals surface area contributed by atoms with Gasteiger partial charge in [0.25, 0.3) is 0 Å². The number of carbonyl (C=O) groups is 1. The summed E-state index contributed by atoms with van der Waals surface area (Å²) in [5.41, 5.74) is 1.27. The molecule has 4 nitrogen and oxygen atoms in total. The van der Waals surface area contributed by atoms with Crippen LogP contribution in [0.5, 0.6) is 0 Å². The highest BCUT2D eigenvalue weighted by Crippen LogP contribution is 2.21. The fraction of sp³-hybridized carbons (Fsp3) is 0.500. The van der Waals surface area contributed by atoms with E-state index < -0.39 is 5.60 Å². The molecule has 19 heavy (non-hydrogen) atoms. The van der Waals surface area contributed by atoms with Crippen molar-refractivity contribution in [3.05, 3.63) is 27.3 Å². The monoisotopic (exact) mass is 374 g/mol. The number of amides is 1. The summed E-state index contributed by atoms with van der Waals surface area (Å²) in [5, 5.41) is 12.8. The van der Waals surface area contributed by atoms with Crippen LogP contribution in [0.25, 0.3) is 0 Å². The average molecular weight is 374 g/mol. The number of hydrogen-bond acceptors (Lipinski definition) is 3. The van der Waals surface area contributed by atoms with Crippen LogP contribution < -0.4 is 5.32 Å². The highest BCUT2D eigenvalue weighted by Gasteiger charge is 2.31. The number of rotatable bonds is 3. The number of aryl methyl sites for hydroxylation is 1. The number of β-amino-alcohol motifs (C(OH)–C–C–N with tert-alkyl or cyclic N) is 1. The number of carbonyl (C=O) groups excluding carboxylic acids is 1. The Hall–Kier alpha value is -0.660. The normalized spacial score (nSPS) is 23.6. The Balaban J connectivity index is 1.91. The first-order valence-corrected chi connectivity index (χ1v) is 7.44. The number of anilines is 1. The quantitative estimate of drug-likeness (QED) is 0.796. The molecule has 2 rings (SSSR count). The first kappa shape index (κ1) is 14.7. The second-order valence-corrected chi connectivity index (χ2v) is 6.71. The number of halogens is 1. The predicted molar refractivity (Wildman–Crippen MR) is 84.2 cm³/mol. The molecule has 1 heterocycles. The van der Waals surface area contributed by atoms with Crippen molar-refractivity contribution in [1.29, 1.82) is 0 Å². The van der Waals surface area contributed by atoms with Crippen LogP contribution in [-0.4, -0.2) is 41.1 Å². The van der Waals surface area contributed by atoms with Crippen LogP contribution in [0, 0.1) is 10.5 Å². The molecular formula is C14H19IN2O2. The topological polar surface area (TPSA) is 52.6 Å². The Bertz CT molecular complexity index is 488. The summed E-state index contributed by atoms with van der Waals surface area (Å²) < 4.78 is 1.16. The highest BCUT2D eigenvalue weighted by atomic mass is 127. The van der Waals surface area contributed by atoms with Crippen molar-refractivity contribution in [2.75, 3.05) is 25.0 Å². The number of nitrogens with zero attached hydrogens (tertiary/aromatic N) is 1. The minimum absolute atomic E-state index is 0.0259. The molecule has 1 aliphatic rings. The van der Waals surface area contributed by atoms with Gasteiger partial charge in [0.1, 0.15) is 0 Å². The third kappa shape index (κ3) is 4.15. The van der Waals surface area contributed by atoms with Crippen LogP contribution in [0.15, 0.2) is 18.2 Å². The average Bonchev–Trinajstić information content (AvgIpc) is 2.62. The molecule has 0 bridgehead atoms. The van der Waals surface area contributed by atoms with Gasteiger partial charge in [-0.3, -0.25) is 9.69 Å². The van der Waals surface area contributed by atoms with E-state index >= 15 is 0 Å². The lowest BCUT2D eigenvalue weighted by molar-refractivity contribution is -0.117. The molecule has 5 heteroatoms. The van der Waals surface area contributed by atoms with E-state index in [-0.39, 0.29) is 5.91 Å². The molecule has 1 aliphatic heterocycles. The van der Waals surface area contributed by atoms with Gasteiger partial charge in [-0.2, -0.15) is 0 Å². The van der Waals surface area contributed by atoms with Gasteiger partial charge in [-0.25, -0.2) is 0 Å². The number of nitrogens with one attached hydrogen (secondary N) is 1. The molecule has 0 saturated carbocycles. The van der Waals surface area contributed by atoms with Crippen LogP contribution >= 0.6 is 22.6 Å². The summed E-state index contributed by atoms with van der Waals surface area (Å²) in [5.74, 6) is -0.0259. The molecule has 1 fully saturated rings. The standard InChI is InChI=1S/C14H19IN2O2/c1-10-7-11(15)3-4-12(10)16-13(18)8-17-6-5-14(2,19)9-17/h3-4,7,19H,5-6,8-9H2,1-2H3,(H,16,18). The van der Waals surface area contributed by atoms with E-state index in [0.29, 0.717) is 13.1 Å². The van der Waals surface area contributed by atoms with Crippen molar-refractivity contribution in [3.8, 4) is 0 Å². The first-order valence-electron chi connectivity index (χ1n) is 6.36. The second kappa shape index (κ2) is 5.76. The van der Waals surface area contributed by atoms with E-state index in [2.05, 4.69) is 27.9 Å². The fourth-order valence-corrected chi connectivity index (χ4v) is 2.98. The van der Waals surface area contributed by atoms with Crippen LogP contribution in [0.1, 0.15) is 18.9 Å². The van der Waals surface area contributed by atoms with Gasteiger partial charge in [0.05, 0.1) is 12.1 Å². The van der Waals surface area contributed by atoms with Crippen molar-refractivity contribution < 1.29 is 9.90 Å². The molecule has 1 atom stereocenters. The molecule has 1 aromatic rings. The van der Waals surface area contributed by atoms with Gasteiger partial charge in [0.15, 0.2) is 0 Å². The molecule has 1 aromatic carbocycles. The number of hydrogen-bond donors (Lipinski definition) is 2. The summed E-state index contributed by atoms with van der Waals surface area (Å²) >= 11 is 2.25. The van der Waals surface area contributed by atoms with E-state index in [1.165, 1.54) is 0 Å². The van der Waals surface area contributed by atoms with Gasteiger partial charge in [0.2, 0.25) is 5.91 Å². The Kier molecular flexibility index (Phi) is 4.47. The minimum atomic E-state index is -0.654. The molecule has 0 aromatic heterocycles. The lowest BCUT2D eigenvalue weighted by atomic mass is 10.1. The molecule has 1 amide bonds. The Morgan fingerprint density at radius 1 is 1.58 bits per heavy atom. The lowest BCUT2D eigenvalue weighted by Gasteiger charge is -2.18. The molecule has 1 unspecified atom stereocenters. The fourth-order valence-electron chi connectivity index (χ4n) is 2.33. The number of benzene rings is 1. The summed E-state index contributed by atoms with van der Waals surface area (Å²) in [6.45, 7) is 5.46. The van der Waals surface area contributed by atoms with Crippen LogP contribution in [-0.2, 0) is 4.79 Å². The zero-order valence-corrected chi connectivity index (χ0v) is 13.4. The van der Waals surface area contributed by atoms with Gasteiger partial charge < -0.3 is 10.4 Å². The molecule has 1 saturated heterocycles. The maximum atomic E-state index is 12.0. The zero-order chi connectivity index (χ0) is 14.0. The molecule has 2 N–H and O–H groups in total. The largest absolute Gasteiger partial charge is 0.389 e. The van der Waals surface area contributed by atoms with Crippen molar-refractivity contribution in [1.82, 2.24) is 4.90 Å². The maximum Gasteiger partial charge on any atom is 0.238 e. The maximum absolute atomic E-state index is 12.0. The smallest absolute Gasteiger partial charge is 0.238 e. The van der Waals surface area contributed by atoms with Crippen molar-refractivity contribution >= 4 is 34.2 Å². The van der Waals surface area contributed by atoms with Crippen LogP contribution in [0.4, 0.5) is 5.69 Å². The number of likely N-dealkylation sites (tertiary alicyclic amines) is 1. The lowest BCUT2D eigenvalue weighted by Crippen LogP contribution is -2.35. The Labute approximate surface area is 127 Å². The summed E-state index contributed by atoms with van der Waals surface area (Å²) in [6, 6.07) is 5.94. The van der Waals surface area contributed by atoms with Gasteiger partial charge in [0, 0.05) is 22.3 Å². The van der Waals surface area contributed by atoms with Crippen molar-refractivity contribution in [2.24, 2.45) is 0 Å². The van der Waals surface area contributed by atoms with E-state index in [1.54, 1.807) is 0 Å².